The Bertz CT molecular complexity index is 181. The first-order valence-electron chi connectivity index (χ1n) is 5.00. The van der Waals surface area contributed by atoms with Crippen molar-refractivity contribution in [2.45, 2.75) is 32.2 Å². The molecule has 4 atom stereocenters. The minimum atomic E-state index is 0.147. The van der Waals surface area contributed by atoms with Crippen molar-refractivity contribution >= 4 is 0 Å². The molecule has 13 heavy (non-hydrogen) atoms. The molecule has 0 aromatic heterocycles. The van der Waals surface area contributed by atoms with E-state index in [9.17, 15) is 0 Å². The molecule has 0 bridgehead atoms. The zero-order valence-corrected chi connectivity index (χ0v) is 8.53. The molecule has 3 heteroatoms. The molecule has 0 aromatic rings. The molecule has 2 rings (SSSR count). The Hall–Kier alpha value is -0.120. The summed E-state index contributed by atoms with van der Waals surface area (Å²) in [6.07, 6.45) is 0.594. The maximum atomic E-state index is 5.70. The molecule has 0 aromatic carbocycles. The van der Waals surface area contributed by atoms with Gasteiger partial charge in [0, 0.05) is 13.0 Å². The number of methoxy groups -OCH3 is 1. The number of hydrogen-bond acceptors (Lipinski definition) is 3. The summed E-state index contributed by atoms with van der Waals surface area (Å²) < 4.78 is 16.7. The van der Waals surface area contributed by atoms with Gasteiger partial charge in [-0.2, -0.15) is 0 Å². The van der Waals surface area contributed by atoms with Crippen LogP contribution in [0.2, 0.25) is 0 Å². The zero-order chi connectivity index (χ0) is 9.42. The van der Waals surface area contributed by atoms with Crippen molar-refractivity contribution in [2.75, 3.05) is 20.3 Å². The molecule has 3 nitrogen and oxygen atoms in total. The third-order valence-corrected chi connectivity index (χ3v) is 3.21. The Morgan fingerprint density at radius 3 is 2.46 bits per heavy atom. The highest BCUT2D eigenvalue weighted by Crippen LogP contribution is 2.35. The summed E-state index contributed by atoms with van der Waals surface area (Å²) in [5.74, 6) is 1.18. The number of rotatable bonds is 2. The first-order valence-corrected chi connectivity index (χ1v) is 5.00. The molecular formula is C10H18O3. The minimum absolute atomic E-state index is 0.147. The first-order chi connectivity index (χ1) is 6.24. The number of hydrogen-bond donors (Lipinski definition) is 0. The highest BCUT2D eigenvalue weighted by Gasteiger charge is 2.48. The fourth-order valence-corrected chi connectivity index (χ4v) is 2.27. The van der Waals surface area contributed by atoms with Crippen LogP contribution in [-0.2, 0) is 14.2 Å². The summed E-state index contributed by atoms with van der Waals surface area (Å²) in [5, 5.41) is 0. The third kappa shape index (κ3) is 1.49. The van der Waals surface area contributed by atoms with E-state index in [-0.39, 0.29) is 18.3 Å². The van der Waals surface area contributed by atoms with Crippen LogP contribution >= 0.6 is 0 Å². The monoisotopic (exact) mass is 186 g/mol. The molecule has 0 aliphatic carbocycles. The molecule has 0 radical (unpaired) electrons. The van der Waals surface area contributed by atoms with Crippen molar-refractivity contribution in [1.82, 2.24) is 0 Å². The highest BCUT2D eigenvalue weighted by molar-refractivity contribution is 4.95. The van der Waals surface area contributed by atoms with Crippen LogP contribution in [-0.4, -0.2) is 38.6 Å². The predicted molar refractivity (Wildman–Crippen MR) is 48.6 cm³/mol. The Morgan fingerprint density at radius 1 is 1.15 bits per heavy atom. The standard InChI is InChI=1S/C10H18O3/c1-6(2)7-4-12-10-8(11-3)5-13-9(7)10/h6-10H,4-5H2,1-3H3/t7-,8-,9+,10+/m0/s1. The van der Waals surface area contributed by atoms with Gasteiger partial charge in [0.1, 0.15) is 12.2 Å². The van der Waals surface area contributed by atoms with E-state index in [1.54, 1.807) is 7.11 Å². The Balaban J connectivity index is 2.03. The van der Waals surface area contributed by atoms with Gasteiger partial charge in [-0.15, -0.1) is 0 Å². The summed E-state index contributed by atoms with van der Waals surface area (Å²) >= 11 is 0. The van der Waals surface area contributed by atoms with E-state index in [2.05, 4.69) is 13.8 Å². The van der Waals surface area contributed by atoms with Gasteiger partial charge in [0.2, 0.25) is 0 Å². The van der Waals surface area contributed by atoms with Gasteiger partial charge in [-0.1, -0.05) is 13.8 Å². The van der Waals surface area contributed by atoms with Gasteiger partial charge >= 0.3 is 0 Å². The molecule has 2 aliphatic heterocycles. The lowest BCUT2D eigenvalue weighted by atomic mass is 9.90. The highest BCUT2D eigenvalue weighted by atomic mass is 16.6. The molecule has 0 unspecified atom stereocenters. The molecule has 0 amide bonds. The normalized spacial score (nSPS) is 44.3. The average molecular weight is 186 g/mol. The second-order valence-corrected chi connectivity index (χ2v) is 4.28. The van der Waals surface area contributed by atoms with Crippen LogP contribution in [0.15, 0.2) is 0 Å². The molecule has 0 N–H and O–H groups in total. The van der Waals surface area contributed by atoms with Crippen LogP contribution in [0.4, 0.5) is 0 Å². The lowest BCUT2D eigenvalue weighted by molar-refractivity contribution is -0.0104. The molecule has 2 fully saturated rings. The van der Waals surface area contributed by atoms with Crippen molar-refractivity contribution < 1.29 is 14.2 Å². The summed E-state index contributed by atoms with van der Waals surface area (Å²) in [7, 11) is 1.72. The van der Waals surface area contributed by atoms with Gasteiger partial charge in [-0.25, -0.2) is 0 Å². The Morgan fingerprint density at radius 2 is 1.85 bits per heavy atom. The van der Waals surface area contributed by atoms with Gasteiger partial charge in [0.15, 0.2) is 0 Å². The van der Waals surface area contributed by atoms with E-state index in [4.69, 9.17) is 14.2 Å². The molecule has 2 heterocycles. The topological polar surface area (TPSA) is 27.7 Å². The zero-order valence-electron chi connectivity index (χ0n) is 8.53. The number of fused-ring (bicyclic) bond motifs is 1. The van der Waals surface area contributed by atoms with Crippen LogP contribution in [0, 0.1) is 11.8 Å². The van der Waals surface area contributed by atoms with Gasteiger partial charge in [-0.05, 0) is 5.92 Å². The largest absolute Gasteiger partial charge is 0.376 e. The van der Waals surface area contributed by atoms with Crippen molar-refractivity contribution in [2.24, 2.45) is 11.8 Å². The van der Waals surface area contributed by atoms with Crippen molar-refractivity contribution in [3.05, 3.63) is 0 Å². The SMILES string of the molecule is CO[C@H]1CO[C@H]2[C@@H]1OC[C@H]2C(C)C. The van der Waals surface area contributed by atoms with Crippen molar-refractivity contribution in [3.63, 3.8) is 0 Å². The van der Waals surface area contributed by atoms with Gasteiger partial charge in [0.05, 0.1) is 19.3 Å². The third-order valence-electron chi connectivity index (χ3n) is 3.21. The molecule has 2 aliphatic rings. The maximum Gasteiger partial charge on any atom is 0.112 e. The lowest BCUT2D eigenvalue weighted by Gasteiger charge is -2.18. The van der Waals surface area contributed by atoms with Crippen LogP contribution < -0.4 is 0 Å². The maximum absolute atomic E-state index is 5.70. The van der Waals surface area contributed by atoms with E-state index in [0.717, 1.165) is 6.61 Å². The van der Waals surface area contributed by atoms with Crippen LogP contribution in [0.25, 0.3) is 0 Å². The molecular weight excluding hydrogens is 168 g/mol. The fraction of sp³-hybridized carbons (Fsp3) is 1.00. The van der Waals surface area contributed by atoms with Crippen LogP contribution in [0.3, 0.4) is 0 Å². The molecule has 2 saturated heterocycles. The number of ether oxygens (including phenoxy) is 3. The summed E-state index contributed by atoms with van der Waals surface area (Å²) in [6, 6.07) is 0. The average Bonchev–Trinajstić information content (AvgIpc) is 2.61. The fourth-order valence-electron chi connectivity index (χ4n) is 2.27. The second-order valence-electron chi connectivity index (χ2n) is 4.28. The predicted octanol–water partition coefficient (Wildman–Crippen LogP) is 1.07. The van der Waals surface area contributed by atoms with E-state index >= 15 is 0 Å². The smallest absolute Gasteiger partial charge is 0.112 e. The van der Waals surface area contributed by atoms with Crippen LogP contribution in [0.5, 0.6) is 0 Å². The minimum Gasteiger partial charge on any atom is -0.376 e. The Labute approximate surface area is 79.4 Å². The lowest BCUT2D eigenvalue weighted by Crippen LogP contribution is -2.31. The molecule has 76 valence electrons. The van der Waals surface area contributed by atoms with Crippen molar-refractivity contribution in [1.29, 1.82) is 0 Å². The summed E-state index contributed by atoms with van der Waals surface area (Å²) in [5.41, 5.74) is 0. The van der Waals surface area contributed by atoms with Crippen molar-refractivity contribution in [3.8, 4) is 0 Å². The quantitative estimate of drug-likeness (QED) is 0.645. The molecule has 0 spiro atoms. The second kappa shape index (κ2) is 3.56. The van der Waals surface area contributed by atoms with Crippen LogP contribution in [0.1, 0.15) is 13.8 Å². The van der Waals surface area contributed by atoms with E-state index < -0.39 is 0 Å². The van der Waals surface area contributed by atoms with Gasteiger partial charge < -0.3 is 14.2 Å². The summed E-state index contributed by atoms with van der Waals surface area (Å²) in [6.45, 7) is 5.96. The molecule has 0 saturated carbocycles. The van der Waals surface area contributed by atoms with Gasteiger partial charge in [0.25, 0.3) is 0 Å². The van der Waals surface area contributed by atoms with Gasteiger partial charge in [-0.3, -0.25) is 0 Å². The first kappa shape index (κ1) is 9.44. The van der Waals surface area contributed by atoms with E-state index in [0.29, 0.717) is 18.4 Å². The Kier molecular flexibility index (Phi) is 2.58. The van der Waals surface area contributed by atoms with E-state index in [1.807, 2.05) is 0 Å². The van der Waals surface area contributed by atoms with E-state index in [1.165, 1.54) is 0 Å². The summed E-state index contributed by atoms with van der Waals surface area (Å²) in [4.78, 5) is 0.